The van der Waals surface area contributed by atoms with Crippen molar-refractivity contribution in [1.82, 2.24) is 5.32 Å². The van der Waals surface area contributed by atoms with Crippen molar-refractivity contribution in [3.63, 3.8) is 0 Å². The highest BCUT2D eigenvalue weighted by atomic mass is 35.5. The monoisotopic (exact) mass is 282 g/mol. The second kappa shape index (κ2) is 6.68. The number of carbonyl (C=O) groups excluding carboxylic acids is 2. The number of hydrogen-bond donors (Lipinski definition) is 2. The predicted molar refractivity (Wildman–Crippen MR) is 78.1 cm³/mol. The van der Waals surface area contributed by atoms with E-state index in [1.807, 2.05) is 13.0 Å². The molecule has 19 heavy (non-hydrogen) atoms. The number of rotatable bonds is 3. The van der Waals surface area contributed by atoms with E-state index >= 15 is 0 Å². The van der Waals surface area contributed by atoms with Gasteiger partial charge >= 0.3 is 0 Å². The van der Waals surface area contributed by atoms with Crippen LogP contribution in [0.2, 0.25) is 0 Å². The highest BCUT2D eigenvalue weighted by Gasteiger charge is 2.22. The second-order valence-corrected chi connectivity index (χ2v) is 4.72. The largest absolute Gasteiger partial charge is 0.324 e. The molecule has 1 heterocycles. The summed E-state index contributed by atoms with van der Waals surface area (Å²) in [5, 5.41) is 6.05. The van der Waals surface area contributed by atoms with Gasteiger partial charge in [0.1, 0.15) is 0 Å². The Morgan fingerprint density at radius 3 is 2.68 bits per heavy atom. The number of Topliss-reactive ketones (excluding diaryl/α,β-unsaturated/α-hetero) is 1. The van der Waals surface area contributed by atoms with Crippen LogP contribution in [0.15, 0.2) is 18.2 Å². The molecule has 2 N–H and O–H groups in total. The van der Waals surface area contributed by atoms with Gasteiger partial charge in [0.05, 0.1) is 6.04 Å². The maximum atomic E-state index is 12.0. The van der Waals surface area contributed by atoms with Crippen LogP contribution in [0.4, 0.5) is 5.69 Å². The van der Waals surface area contributed by atoms with Crippen LogP contribution in [0.5, 0.6) is 0 Å². The Kier molecular flexibility index (Phi) is 5.51. The summed E-state index contributed by atoms with van der Waals surface area (Å²) >= 11 is 0. The maximum absolute atomic E-state index is 12.0. The van der Waals surface area contributed by atoms with E-state index in [9.17, 15) is 9.59 Å². The average Bonchev–Trinajstić information content (AvgIpc) is 2.85. The van der Waals surface area contributed by atoms with E-state index in [1.54, 1.807) is 12.1 Å². The van der Waals surface area contributed by atoms with Crippen LogP contribution in [0.1, 0.15) is 35.7 Å². The van der Waals surface area contributed by atoms with Gasteiger partial charge in [-0.25, -0.2) is 0 Å². The van der Waals surface area contributed by atoms with Gasteiger partial charge in [0.25, 0.3) is 0 Å². The molecule has 4 nitrogen and oxygen atoms in total. The van der Waals surface area contributed by atoms with Gasteiger partial charge in [0.15, 0.2) is 5.78 Å². The van der Waals surface area contributed by atoms with Crippen LogP contribution in [0.25, 0.3) is 0 Å². The molecular weight excluding hydrogens is 264 g/mol. The molecule has 1 aromatic rings. The molecule has 104 valence electrons. The average molecular weight is 283 g/mol. The standard InChI is InChI=1S/C14H18N2O2.ClH/c1-9-5-6-11(10(2)17)8-13(9)16-14(18)12-4-3-7-15-12;/h5-6,8,12,15H,3-4,7H2,1-2H3,(H,16,18);1H/t12-;/m0./s1. The molecule has 1 fully saturated rings. The van der Waals surface area contributed by atoms with Gasteiger partial charge in [-0.2, -0.15) is 0 Å². The third-order valence-corrected chi connectivity index (χ3v) is 3.28. The van der Waals surface area contributed by atoms with Gasteiger partial charge in [-0.3, -0.25) is 9.59 Å². The van der Waals surface area contributed by atoms with Gasteiger partial charge in [-0.1, -0.05) is 12.1 Å². The maximum Gasteiger partial charge on any atom is 0.241 e. The highest BCUT2D eigenvalue weighted by Crippen LogP contribution is 2.18. The fraction of sp³-hybridized carbons (Fsp3) is 0.429. The minimum atomic E-state index is -0.106. The van der Waals surface area contributed by atoms with Crippen molar-refractivity contribution in [3.05, 3.63) is 29.3 Å². The molecule has 0 radical (unpaired) electrons. The number of hydrogen-bond acceptors (Lipinski definition) is 3. The first-order chi connectivity index (χ1) is 8.58. The first-order valence-corrected chi connectivity index (χ1v) is 6.24. The van der Waals surface area contributed by atoms with Gasteiger partial charge in [0, 0.05) is 11.3 Å². The Bertz CT molecular complexity index is 482. The molecule has 0 aliphatic carbocycles. The molecule has 5 heteroatoms. The van der Waals surface area contributed by atoms with E-state index in [-0.39, 0.29) is 30.1 Å². The Hall–Kier alpha value is -1.39. The van der Waals surface area contributed by atoms with E-state index in [2.05, 4.69) is 10.6 Å². The van der Waals surface area contributed by atoms with E-state index in [0.29, 0.717) is 5.56 Å². The molecule has 2 rings (SSSR count). The number of aryl methyl sites for hydroxylation is 1. The zero-order valence-electron chi connectivity index (χ0n) is 11.2. The molecule has 1 atom stereocenters. The van der Waals surface area contributed by atoms with Gasteiger partial charge in [-0.15, -0.1) is 12.4 Å². The number of benzene rings is 1. The van der Waals surface area contributed by atoms with Crippen molar-refractivity contribution in [3.8, 4) is 0 Å². The van der Waals surface area contributed by atoms with Crippen molar-refractivity contribution < 1.29 is 9.59 Å². The second-order valence-electron chi connectivity index (χ2n) is 4.72. The van der Waals surface area contributed by atoms with Crippen LogP contribution >= 0.6 is 12.4 Å². The molecule has 1 aromatic carbocycles. The Balaban J connectivity index is 0.00000180. The molecule has 0 aromatic heterocycles. The van der Waals surface area contributed by atoms with Gasteiger partial charge in [-0.05, 0) is 44.9 Å². The number of ketones is 1. The first-order valence-electron chi connectivity index (χ1n) is 6.24. The summed E-state index contributed by atoms with van der Waals surface area (Å²) < 4.78 is 0. The van der Waals surface area contributed by atoms with Crippen LogP contribution in [-0.4, -0.2) is 24.3 Å². The smallest absolute Gasteiger partial charge is 0.241 e. The fourth-order valence-corrected chi connectivity index (χ4v) is 2.10. The summed E-state index contributed by atoms with van der Waals surface area (Å²) in [7, 11) is 0. The van der Waals surface area contributed by atoms with Crippen molar-refractivity contribution >= 4 is 29.8 Å². The van der Waals surface area contributed by atoms with E-state index in [4.69, 9.17) is 0 Å². The lowest BCUT2D eigenvalue weighted by Crippen LogP contribution is -2.35. The van der Waals surface area contributed by atoms with Gasteiger partial charge in [0.2, 0.25) is 5.91 Å². The lowest BCUT2D eigenvalue weighted by molar-refractivity contribution is -0.117. The van der Waals surface area contributed by atoms with E-state index in [0.717, 1.165) is 30.6 Å². The molecule has 1 amide bonds. The number of carbonyl (C=O) groups is 2. The minimum Gasteiger partial charge on any atom is -0.324 e. The zero-order valence-corrected chi connectivity index (χ0v) is 12.0. The van der Waals surface area contributed by atoms with E-state index < -0.39 is 0 Å². The number of halogens is 1. The summed E-state index contributed by atoms with van der Waals surface area (Å²) in [6.45, 7) is 4.33. The number of anilines is 1. The molecular formula is C14H19ClN2O2. The van der Waals surface area contributed by atoms with Crippen LogP contribution < -0.4 is 10.6 Å². The Morgan fingerprint density at radius 2 is 2.11 bits per heavy atom. The Morgan fingerprint density at radius 1 is 1.37 bits per heavy atom. The molecule has 0 unspecified atom stereocenters. The summed E-state index contributed by atoms with van der Waals surface area (Å²) in [5.41, 5.74) is 2.31. The SMILES string of the molecule is CC(=O)c1ccc(C)c(NC(=O)[C@@H]2CCCN2)c1.Cl. The van der Waals surface area contributed by atoms with Crippen molar-refractivity contribution in [2.24, 2.45) is 0 Å². The topological polar surface area (TPSA) is 58.2 Å². The first kappa shape index (κ1) is 15.7. The van der Waals surface area contributed by atoms with Crippen molar-refractivity contribution in [2.75, 3.05) is 11.9 Å². The lowest BCUT2D eigenvalue weighted by Gasteiger charge is -2.13. The quantitative estimate of drug-likeness (QED) is 0.837. The number of nitrogens with one attached hydrogen (secondary N) is 2. The molecule has 1 saturated heterocycles. The molecule has 1 aliphatic rings. The molecule has 0 bridgehead atoms. The summed E-state index contributed by atoms with van der Waals surface area (Å²) in [5.74, 6) is -0.0132. The highest BCUT2D eigenvalue weighted by molar-refractivity contribution is 5.99. The predicted octanol–water partition coefficient (Wildman–Crippen LogP) is 2.31. The minimum absolute atomic E-state index is 0. The summed E-state index contributed by atoms with van der Waals surface area (Å²) in [6, 6.07) is 5.27. The number of amides is 1. The zero-order chi connectivity index (χ0) is 13.1. The normalized spacial score (nSPS) is 17.7. The van der Waals surface area contributed by atoms with Crippen LogP contribution in [0, 0.1) is 6.92 Å². The summed E-state index contributed by atoms with van der Waals surface area (Å²) in [6.07, 6.45) is 1.90. The van der Waals surface area contributed by atoms with Crippen molar-refractivity contribution in [2.45, 2.75) is 32.7 Å². The lowest BCUT2D eigenvalue weighted by atomic mass is 10.1. The molecule has 1 aliphatic heterocycles. The molecule has 0 saturated carbocycles. The third kappa shape index (κ3) is 3.78. The van der Waals surface area contributed by atoms with E-state index in [1.165, 1.54) is 6.92 Å². The van der Waals surface area contributed by atoms with Crippen molar-refractivity contribution in [1.29, 1.82) is 0 Å². The van der Waals surface area contributed by atoms with Gasteiger partial charge < -0.3 is 10.6 Å². The molecule has 0 spiro atoms. The third-order valence-electron chi connectivity index (χ3n) is 3.28. The van der Waals surface area contributed by atoms with Crippen LogP contribution in [0.3, 0.4) is 0 Å². The Labute approximate surface area is 119 Å². The fourth-order valence-electron chi connectivity index (χ4n) is 2.10. The summed E-state index contributed by atoms with van der Waals surface area (Å²) in [4.78, 5) is 23.3. The van der Waals surface area contributed by atoms with Crippen LogP contribution in [-0.2, 0) is 4.79 Å².